The smallest absolute Gasteiger partial charge is 0.122 e. The van der Waals surface area contributed by atoms with Crippen LogP contribution in [0.4, 0.5) is 5.69 Å². The molecule has 0 unspecified atom stereocenters. The zero-order chi connectivity index (χ0) is 21.6. The van der Waals surface area contributed by atoms with Gasteiger partial charge in [-0.2, -0.15) is 0 Å². The summed E-state index contributed by atoms with van der Waals surface area (Å²) in [6.45, 7) is 0.953. The van der Waals surface area contributed by atoms with Gasteiger partial charge in [-0.05, 0) is 80.6 Å². The zero-order valence-electron chi connectivity index (χ0n) is 19.0. The molecule has 0 bridgehead atoms. The Balaban J connectivity index is 0.00000193. The Kier molecular flexibility index (Phi) is 10.8. The minimum absolute atomic E-state index is 0. The van der Waals surface area contributed by atoms with E-state index in [1.807, 2.05) is 30.5 Å². The molecule has 8 heteroatoms. The van der Waals surface area contributed by atoms with Gasteiger partial charge in [0.1, 0.15) is 11.5 Å². The van der Waals surface area contributed by atoms with E-state index in [2.05, 4.69) is 33.8 Å². The number of rotatable bonds is 8. The third-order valence-corrected chi connectivity index (χ3v) is 6.28. The second kappa shape index (κ2) is 13.1. The summed E-state index contributed by atoms with van der Waals surface area (Å²) in [5.41, 5.74) is 3.30. The van der Waals surface area contributed by atoms with Crippen LogP contribution in [-0.4, -0.2) is 37.8 Å². The standard InChI is InChI=1S/C25H30ClN3O2.2ClH/c1-30-21-13-17(14-22(16-21)31-2)9-11-27-19-4-6-20(7-5-19)29-24-10-12-28-25-15-18(26)3-8-23(24)25;;/h3,8,10,12-16,19-20,27H,4-7,9,11H2,1-2H3,(H,28,29);2*1H/t19-,20-;;. The minimum Gasteiger partial charge on any atom is -0.497 e. The first kappa shape index (κ1) is 27.3. The second-order valence-corrected chi connectivity index (χ2v) is 8.57. The Hall–Kier alpha value is -1.92. The number of ether oxygens (including phenoxy) is 2. The van der Waals surface area contributed by atoms with Crippen LogP contribution in [0.1, 0.15) is 31.2 Å². The molecule has 2 N–H and O–H groups in total. The summed E-state index contributed by atoms with van der Waals surface area (Å²) in [5.74, 6) is 1.68. The topological polar surface area (TPSA) is 55.4 Å². The van der Waals surface area contributed by atoms with E-state index in [4.69, 9.17) is 21.1 Å². The molecule has 0 radical (unpaired) electrons. The fourth-order valence-corrected chi connectivity index (χ4v) is 4.51. The van der Waals surface area contributed by atoms with Gasteiger partial charge < -0.3 is 20.1 Å². The van der Waals surface area contributed by atoms with Crippen molar-refractivity contribution in [1.82, 2.24) is 10.3 Å². The third kappa shape index (κ3) is 7.28. The van der Waals surface area contributed by atoms with Gasteiger partial charge in [-0.1, -0.05) is 11.6 Å². The predicted molar refractivity (Wildman–Crippen MR) is 142 cm³/mol. The number of methoxy groups -OCH3 is 2. The van der Waals surface area contributed by atoms with E-state index in [-0.39, 0.29) is 24.8 Å². The summed E-state index contributed by atoms with van der Waals surface area (Å²) in [5, 5.41) is 9.31. The van der Waals surface area contributed by atoms with Crippen molar-refractivity contribution in [3.63, 3.8) is 0 Å². The fourth-order valence-electron chi connectivity index (χ4n) is 4.34. The highest BCUT2D eigenvalue weighted by molar-refractivity contribution is 6.31. The monoisotopic (exact) mass is 511 g/mol. The number of halogens is 3. The largest absolute Gasteiger partial charge is 0.497 e. The molecule has 4 rings (SSSR count). The van der Waals surface area contributed by atoms with Crippen LogP contribution in [0.15, 0.2) is 48.7 Å². The molecular formula is C25H32Cl3N3O2. The average Bonchev–Trinajstić information content (AvgIpc) is 2.80. The Morgan fingerprint density at radius 1 is 0.909 bits per heavy atom. The van der Waals surface area contributed by atoms with Crippen molar-refractivity contribution in [3.05, 3.63) is 59.2 Å². The number of anilines is 1. The zero-order valence-corrected chi connectivity index (χ0v) is 21.4. The van der Waals surface area contributed by atoms with E-state index < -0.39 is 0 Å². The molecule has 1 fully saturated rings. The molecule has 0 amide bonds. The summed E-state index contributed by atoms with van der Waals surface area (Å²) >= 11 is 6.11. The Bertz CT molecular complexity index is 1000. The Morgan fingerprint density at radius 3 is 2.24 bits per heavy atom. The molecule has 1 heterocycles. The van der Waals surface area contributed by atoms with E-state index in [0.717, 1.165) is 58.9 Å². The second-order valence-electron chi connectivity index (χ2n) is 8.14. The van der Waals surface area contributed by atoms with E-state index >= 15 is 0 Å². The Labute approximate surface area is 213 Å². The van der Waals surface area contributed by atoms with Crippen molar-refractivity contribution >= 4 is 53.0 Å². The van der Waals surface area contributed by atoms with Gasteiger partial charge in [0.15, 0.2) is 0 Å². The molecule has 1 aliphatic rings. The van der Waals surface area contributed by atoms with Crippen molar-refractivity contribution in [3.8, 4) is 11.5 Å². The third-order valence-electron chi connectivity index (χ3n) is 6.05. The lowest BCUT2D eigenvalue weighted by Crippen LogP contribution is -2.37. The van der Waals surface area contributed by atoms with Crippen molar-refractivity contribution in [1.29, 1.82) is 0 Å². The lowest BCUT2D eigenvalue weighted by molar-refractivity contribution is 0.355. The normalized spacial score (nSPS) is 17.5. The number of aromatic nitrogens is 1. The van der Waals surface area contributed by atoms with Gasteiger partial charge in [-0.3, -0.25) is 4.98 Å². The number of nitrogens with one attached hydrogen (secondary N) is 2. The maximum absolute atomic E-state index is 6.11. The molecule has 1 aliphatic carbocycles. The molecule has 33 heavy (non-hydrogen) atoms. The maximum atomic E-state index is 6.11. The van der Waals surface area contributed by atoms with Crippen molar-refractivity contribution in [2.75, 3.05) is 26.1 Å². The number of benzene rings is 2. The first-order valence-electron chi connectivity index (χ1n) is 10.9. The average molecular weight is 513 g/mol. The van der Waals surface area contributed by atoms with Crippen molar-refractivity contribution in [2.45, 2.75) is 44.2 Å². The highest BCUT2D eigenvalue weighted by atomic mass is 35.5. The van der Waals surface area contributed by atoms with Gasteiger partial charge in [0.05, 0.1) is 19.7 Å². The van der Waals surface area contributed by atoms with Crippen LogP contribution in [0, 0.1) is 0 Å². The van der Waals surface area contributed by atoms with E-state index in [0.29, 0.717) is 12.1 Å². The van der Waals surface area contributed by atoms with Gasteiger partial charge in [0, 0.05) is 40.4 Å². The summed E-state index contributed by atoms with van der Waals surface area (Å²) < 4.78 is 10.7. The molecule has 2 aromatic carbocycles. The van der Waals surface area contributed by atoms with Crippen molar-refractivity contribution in [2.24, 2.45) is 0 Å². The van der Waals surface area contributed by atoms with E-state index in [9.17, 15) is 0 Å². The molecule has 180 valence electrons. The summed E-state index contributed by atoms with van der Waals surface area (Å²) in [6.07, 6.45) is 7.46. The van der Waals surface area contributed by atoms with Crippen LogP contribution >= 0.6 is 36.4 Å². The first-order chi connectivity index (χ1) is 15.1. The van der Waals surface area contributed by atoms with Crippen LogP contribution in [0.3, 0.4) is 0 Å². The summed E-state index contributed by atoms with van der Waals surface area (Å²) in [4.78, 5) is 4.44. The van der Waals surface area contributed by atoms with Crippen LogP contribution < -0.4 is 20.1 Å². The van der Waals surface area contributed by atoms with Gasteiger partial charge in [0.2, 0.25) is 0 Å². The molecule has 1 saturated carbocycles. The van der Waals surface area contributed by atoms with Crippen molar-refractivity contribution < 1.29 is 9.47 Å². The number of hydrogen-bond acceptors (Lipinski definition) is 5. The molecular weight excluding hydrogens is 481 g/mol. The minimum atomic E-state index is 0. The van der Waals surface area contributed by atoms with Crippen LogP contribution in [0.5, 0.6) is 11.5 Å². The number of pyridine rings is 1. The predicted octanol–water partition coefficient (Wildman–Crippen LogP) is 6.30. The molecule has 1 aromatic heterocycles. The number of nitrogens with zero attached hydrogens (tertiary/aromatic N) is 1. The van der Waals surface area contributed by atoms with Gasteiger partial charge >= 0.3 is 0 Å². The van der Waals surface area contributed by atoms with Gasteiger partial charge in [-0.25, -0.2) is 0 Å². The first-order valence-corrected chi connectivity index (χ1v) is 11.3. The van der Waals surface area contributed by atoms with Crippen LogP contribution in [0.2, 0.25) is 5.02 Å². The summed E-state index contributed by atoms with van der Waals surface area (Å²) in [6, 6.07) is 15.1. The highest BCUT2D eigenvalue weighted by Crippen LogP contribution is 2.28. The molecule has 0 atom stereocenters. The highest BCUT2D eigenvalue weighted by Gasteiger charge is 2.21. The summed E-state index contributed by atoms with van der Waals surface area (Å²) in [7, 11) is 3.38. The molecule has 0 aliphatic heterocycles. The molecule has 5 nitrogen and oxygen atoms in total. The maximum Gasteiger partial charge on any atom is 0.122 e. The molecule has 3 aromatic rings. The lowest BCUT2D eigenvalue weighted by atomic mass is 9.90. The quantitative estimate of drug-likeness (QED) is 0.371. The van der Waals surface area contributed by atoms with E-state index in [1.54, 1.807) is 14.2 Å². The Morgan fingerprint density at radius 2 is 1.58 bits per heavy atom. The number of hydrogen-bond donors (Lipinski definition) is 2. The van der Waals surface area contributed by atoms with E-state index in [1.165, 1.54) is 18.4 Å². The van der Waals surface area contributed by atoms with Crippen LogP contribution in [0.25, 0.3) is 10.9 Å². The number of fused-ring (bicyclic) bond motifs is 1. The van der Waals surface area contributed by atoms with Gasteiger partial charge in [0.25, 0.3) is 0 Å². The van der Waals surface area contributed by atoms with Gasteiger partial charge in [-0.15, -0.1) is 24.8 Å². The SMILES string of the molecule is COc1cc(CCN[C@H]2CC[C@H](Nc3ccnc4cc(Cl)ccc34)CC2)cc(OC)c1.Cl.Cl. The molecule has 0 saturated heterocycles. The van der Waals surface area contributed by atoms with Crippen LogP contribution in [-0.2, 0) is 6.42 Å². The molecule has 0 spiro atoms. The lowest BCUT2D eigenvalue weighted by Gasteiger charge is -2.30. The fraction of sp³-hybridized carbons (Fsp3) is 0.400.